The molecule has 1 saturated heterocycles. The Kier molecular flexibility index (Phi) is 4.75. The molecule has 0 radical (unpaired) electrons. The summed E-state index contributed by atoms with van der Waals surface area (Å²) in [6.45, 7) is 4.81. The van der Waals surface area contributed by atoms with Crippen molar-refractivity contribution in [1.82, 2.24) is 20.5 Å². The third-order valence-corrected chi connectivity index (χ3v) is 3.94. The lowest BCUT2D eigenvalue weighted by Crippen LogP contribution is -2.49. The number of carbonyl (C=O) groups excluding carboxylic acids is 1. The number of urea groups is 1. The predicted molar refractivity (Wildman–Crippen MR) is 82.5 cm³/mol. The highest BCUT2D eigenvalue weighted by atomic mass is 19.1. The summed E-state index contributed by atoms with van der Waals surface area (Å²) in [5, 5.41) is 10.2. The molecule has 2 unspecified atom stereocenters. The first kappa shape index (κ1) is 16.4. The van der Waals surface area contributed by atoms with Crippen molar-refractivity contribution in [3.63, 3.8) is 0 Å². The van der Waals surface area contributed by atoms with Gasteiger partial charge in [0.25, 0.3) is 0 Å². The first-order valence-corrected chi connectivity index (χ1v) is 7.74. The van der Waals surface area contributed by atoms with Crippen LogP contribution in [0.4, 0.5) is 9.18 Å². The molecule has 2 atom stereocenters. The summed E-state index contributed by atoms with van der Waals surface area (Å²) >= 11 is 0. The summed E-state index contributed by atoms with van der Waals surface area (Å²) in [7, 11) is 0. The molecule has 128 valence electrons. The topological polar surface area (TPSA) is 80.5 Å². The fourth-order valence-corrected chi connectivity index (χ4v) is 2.66. The smallest absolute Gasteiger partial charge is 0.317 e. The van der Waals surface area contributed by atoms with Crippen LogP contribution < -0.4 is 5.32 Å². The molecular formula is C16H19FN4O3. The number of rotatable bonds is 3. The highest BCUT2D eigenvalue weighted by molar-refractivity contribution is 5.74. The Balaban J connectivity index is 1.63. The average Bonchev–Trinajstić information content (AvgIpc) is 2.98. The normalized spacial score (nSPS) is 20.9. The molecule has 1 aromatic heterocycles. The van der Waals surface area contributed by atoms with Gasteiger partial charge in [-0.25, -0.2) is 13.8 Å². The number of hydrogen-bond donors (Lipinski definition) is 1. The van der Waals surface area contributed by atoms with Crippen molar-refractivity contribution in [2.75, 3.05) is 13.1 Å². The maximum Gasteiger partial charge on any atom is 0.317 e. The van der Waals surface area contributed by atoms with E-state index in [1.807, 2.05) is 6.92 Å². The fourth-order valence-electron chi connectivity index (χ4n) is 2.66. The molecule has 2 amide bonds. The molecule has 1 aromatic carbocycles. The minimum Gasteiger partial charge on any atom is -0.367 e. The van der Waals surface area contributed by atoms with Crippen molar-refractivity contribution in [2.45, 2.75) is 32.6 Å². The second-order valence-corrected chi connectivity index (χ2v) is 5.85. The fraction of sp³-hybridized carbons (Fsp3) is 0.438. The predicted octanol–water partition coefficient (Wildman–Crippen LogP) is 2.19. The number of carbonyl (C=O) groups is 1. The molecule has 1 N–H and O–H groups in total. The summed E-state index contributed by atoms with van der Waals surface area (Å²) in [5.74, 6) is -0.297. The van der Waals surface area contributed by atoms with E-state index in [0.717, 1.165) is 5.56 Å². The van der Waals surface area contributed by atoms with Gasteiger partial charge in [0.15, 0.2) is 0 Å². The van der Waals surface area contributed by atoms with Crippen molar-refractivity contribution >= 4 is 6.03 Å². The van der Waals surface area contributed by atoms with Crippen LogP contribution >= 0.6 is 0 Å². The molecule has 1 fully saturated rings. The number of benzene rings is 1. The maximum absolute atomic E-state index is 13.1. The summed E-state index contributed by atoms with van der Waals surface area (Å²) in [6.07, 6.45) is -0.398. The standard InChI is InChI=1S/C16H19FN4O3/c1-10-8-21(16(22)18-7-14-11(2)19-24-20-14)9-15(23-10)12-3-5-13(17)6-4-12/h3-6,10,15H,7-9H2,1-2H3,(H,18,22). The number of hydrogen-bond acceptors (Lipinski definition) is 5. The van der Waals surface area contributed by atoms with E-state index in [1.165, 1.54) is 12.1 Å². The quantitative estimate of drug-likeness (QED) is 0.930. The number of nitrogens with one attached hydrogen (secondary N) is 1. The zero-order chi connectivity index (χ0) is 17.1. The number of morpholine rings is 1. The minimum absolute atomic E-state index is 0.116. The maximum atomic E-state index is 13.1. The van der Waals surface area contributed by atoms with Crippen LogP contribution in [0.1, 0.15) is 30.0 Å². The number of ether oxygens (including phenoxy) is 1. The van der Waals surface area contributed by atoms with E-state index < -0.39 is 0 Å². The van der Waals surface area contributed by atoms with Crippen LogP contribution in [0.25, 0.3) is 0 Å². The Hall–Kier alpha value is -2.48. The van der Waals surface area contributed by atoms with E-state index in [4.69, 9.17) is 4.74 Å². The molecule has 1 aliphatic heterocycles. The van der Waals surface area contributed by atoms with Gasteiger partial charge in [-0.15, -0.1) is 0 Å². The molecule has 7 nitrogen and oxygen atoms in total. The summed E-state index contributed by atoms with van der Waals surface area (Å²) in [6, 6.07) is 5.93. The third kappa shape index (κ3) is 3.70. The summed E-state index contributed by atoms with van der Waals surface area (Å²) in [4.78, 5) is 14.1. The average molecular weight is 334 g/mol. The third-order valence-electron chi connectivity index (χ3n) is 3.94. The molecule has 3 rings (SSSR count). The molecule has 0 aliphatic carbocycles. The van der Waals surface area contributed by atoms with Gasteiger partial charge < -0.3 is 15.0 Å². The lowest BCUT2D eigenvalue weighted by atomic mass is 10.1. The van der Waals surface area contributed by atoms with Crippen molar-refractivity contribution in [3.05, 3.63) is 47.0 Å². The summed E-state index contributed by atoms with van der Waals surface area (Å²) < 4.78 is 23.6. The Bertz CT molecular complexity index is 704. The number of aryl methyl sites for hydroxylation is 1. The second-order valence-electron chi connectivity index (χ2n) is 5.85. The Labute approximate surface area is 138 Å². The molecule has 2 heterocycles. The van der Waals surface area contributed by atoms with Gasteiger partial charge >= 0.3 is 6.03 Å². The van der Waals surface area contributed by atoms with E-state index in [0.29, 0.717) is 24.5 Å². The van der Waals surface area contributed by atoms with Crippen LogP contribution in [0.3, 0.4) is 0 Å². The van der Waals surface area contributed by atoms with E-state index >= 15 is 0 Å². The van der Waals surface area contributed by atoms with Gasteiger partial charge in [-0.3, -0.25) is 0 Å². The highest BCUT2D eigenvalue weighted by Crippen LogP contribution is 2.25. The van der Waals surface area contributed by atoms with E-state index in [1.54, 1.807) is 24.0 Å². The van der Waals surface area contributed by atoms with Gasteiger partial charge in [0.1, 0.15) is 23.3 Å². The molecule has 0 bridgehead atoms. The van der Waals surface area contributed by atoms with Crippen molar-refractivity contribution in [1.29, 1.82) is 0 Å². The van der Waals surface area contributed by atoms with Gasteiger partial charge in [-0.2, -0.15) is 0 Å². The van der Waals surface area contributed by atoms with Gasteiger partial charge in [-0.05, 0) is 31.5 Å². The molecule has 24 heavy (non-hydrogen) atoms. The van der Waals surface area contributed by atoms with Gasteiger partial charge in [0, 0.05) is 6.54 Å². The summed E-state index contributed by atoms with van der Waals surface area (Å²) in [5.41, 5.74) is 2.09. The zero-order valence-electron chi connectivity index (χ0n) is 13.5. The Morgan fingerprint density at radius 1 is 1.33 bits per heavy atom. The van der Waals surface area contributed by atoms with Gasteiger partial charge in [0.05, 0.1) is 19.2 Å². The minimum atomic E-state index is -0.297. The number of amides is 2. The van der Waals surface area contributed by atoms with Gasteiger partial charge in [0.2, 0.25) is 0 Å². The highest BCUT2D eigenvalue weighted by Gasteiger charge is 2.29. The van der Waals surface area contributed by atoms with Crippen LogP contribution in [-0.2, 0) is 11.3 Å². The molecule has 2 aromatic rings. The molecule has 1 aliphatic rings. The lowest BCUT2D eigenvalue weighted by Gasteiger charge is -2.37. The van der Waals surface area contributed by atoms with E-state index in [9.17, 15) is 9.18 Å². The largest absolute Gasteiger partial charge is 0.367 e. The van der Waals surface area contributed by atoms with Crippen LogP contribution in [0, 0.1) is 12.7 Å². The SMILES string of the molecule is Cc1nonc1CNC(=O)N1CC(C)OC(c2ccc(F)cc2)C1. The zero-order valence-corrected chi connectivity index (χ0v) is 13.5. The molecule has 8 heteroatoms. The first-order chi connectivity index (χ1) is 11.5. The monoisotopic (exact) mass is 334 g/mol. The molecular weight excluding hydrogens is 315 g/mol. The Morgan fingerprint density at radius 2 is 2.08 bits per heavy atom. The van der Waals surface area contributed by atoms with Crippen LogP contribution in [0.5, 0.6) is 0 Å². The lowest BCUT2D eigenvalue weighted by molar-refractivity contribution is -0.0657. The van der Waals surface area contributed by atoms with Crippen LogP contribution in [0.15, 0.2) is 28.9 Å². The number of nitrogens with zero attached hydrogens (tertiary/aromatic N) is 3. The molecule has 0 saturated carbocycles. The molecule has 0 spiro atoms. The first-order valence-electron chi connectivity index (χ1n) is 7.74. The van der Waals surface area contributed by atoms with Crippen molar-refractivity contribution < 1.29 is 18.6 Å². The van der Waals surface area contributed by atoms with Crippen molar-refractivity contribution in [3.8, 4) is 0 Å². The Morgan fingerprint density at radius 3 is 2.75 bits per heavy atom. The van der Waals surface area contributed by atoms with E-state index in [-0.39, 0.29) is 30.6 Å². The number of halogens is 1. The second kappa shape index (κ2) is 6.96. The van der Waals surface area contributed by atoms with Crippen LogP contribution in [0.2, 0.25) is 0 Å². The number of aromatic nitrogens is 2. The van der Waals surface area contributed by atoms with Gasteiger partial charge in [-0.1, -0.05) is 22.4 Å². The van der Waals surface area contributed by atoms with Crippen LogP contribution in [-0.4, -0.2) is 40.4 Å². The van der Waals surface area contributed by atoms with E-state index in [2.05, 4.69) is 20.3 Å². The van der Waals surface area contributed by atoms with Crippen molar-refractivity contribution in [2.24, 2.45) is 0 Å².